The van der Waals surface area contributed by atoms with Crippen molar-refractivity contribution in [3.8, 4) is 0 Å². The first-order chi connectivity index (χ1) is 10.9. The van der Waals surface area contributed by atoms with E-state index < -0.39 is 0 Å². The number of amides is 1. The monoisotopic (exact) mass is 347 g/mol. The zero-order valence-electron chi connectivity index (χ0n) is 13.3. The second kappa shape index (κ2) is 5.86. The van der Waals surface area contributed by atoms with Crippen LogP contribution in [-0.2, 0) is 0 Å². The molecule has 0 aromatic carbocycles. The molecule has 0 bridgehead atoms. The van der Waals surface area contributed by atoms with Crippen LogP contribution in [0.1, 0.15) is 46.5 Å². The van der Waals surface area contributed by atoms with Gasteiger partial charge in [0.2, 0.25) is 0 Å². The zero-order valence-corrected chi connectivity index (χ0v) is 14.9. The Morgan fingerprint density at radius 3 is 2.74 bits per heavy atom. The quantitative estimate of drug-likeness (QED) is 0.753. The Labute approximate surface area is 141 Å². The lowest BCUT2D eigenvalue weighted by molar-refractivity contribution is 0.103. The number of aromatic nitrogens is 3. The normalized spacial score (nSPS) is 11.3. The maximum Gasteiger partial charge on any atom is 0.266 e. The molecule has 0 aliphatic heterocycles. The van der Waals surface area contributed by atoms with Crippen LogP contribution in [0.25, 0.3) is 10.2 Å². The average Bonchev–Trinajstić information content (AvgIpc) is 3.03. The number of nitrogens with two attached hydrogens (primary N) is 1. The van der Waals surface area contributed by atoms with Crippen LogP contribution in [0.5, 0.6) is 0 Å². The first kappa shape index (κ1) is 15.8. The number of nitrogens with one attached hydrogen (secondary N) is 1. The molecule has 0 radical (unpaired) electrons. The predicted octanol–water partition coefficient (Wildman–Crippen LogP) is 3.72. The van der Waals surface area contributed by atoms with Crippen LogP contribution < -0.4 is 11.1 Å². The maximum atomic E-state index is 12.7. The summed E-state index contributed by atoms with van der Waals surface area (Å²) in [5, 5.41) is 4.51. The number of aryl methyl sites for hydroxylation is 2. The Hall–Kier alpha value is -2.06. The summed E-state index contributed by atoms with van der Waals surface area (Å²) in [5.41, 5.74) is 9.45. The van der Waals surface area contributed by atoms with Crippen LogP contribution in [0.3, 0.4) is 0 Å². The molecule has 120 valence electrons. The van der Waals surface area contributed by atoms with E-state index in [0.717, 1.165) is 26.5 Å². The van der Waals surface area contributed by atoms with Crippen molar-refractivity contribution in [2.45, 2.75) is 33.6 Å². The fourth-order valence-electron chi connectivity index (χ4n) is 2.42. The van der Waals surface area contributed by atoms with Crippen molar-refractivity contribution >= 4 is 49.6 Å². The van der Waals surface area contributed by atoms with Crippen molar-refractivity contribution in [2.75, 3.05) is 11.1 Å². The summed E-state index contributed by atoms with van der Waals surface area (Å²) in [6, 6.07) is 0. The van der Waals surface area contributed by atoms with Crippen molar-refractivity contribution < 1.29 is 4.79 Å². The first-order valence-corrected chi connectivity index (χ1v) is 8.86. The van der Waals surface area contributed by atoms with Gasteiger partial charge in [0.05, 0.1) is 21.5 Å². The van der Waals surface area contributed by atoms with Crippen LogP contribution in [0.2, 0.25) is 0 Å². The molecule has 0 saturated heterocycles. The summed E-state index contributed by atoms with van der Waals surface area (Å²) in [4.78, 5) is 26.9. The third-order valence-corrected chi connectivity index (χ3v) is 5.45. The third-order valence-electron chi connectivity index (χ3n) is 3.51. The molecule has 1 amide bonds. The number of hydrogen-bond donors (Lipinski definition) is 2. The van der Waals surface area contributed by atoms with Gasteiger partial charge in [-0.25, -0.2) is 15.0 Å². The lowest BCUT2D eigenvalue weighted by Crippen LogP contribution is -2.12. The number of thiazole rings is 1. The molecule has 3 N–H and O–H groups in total. The number of nitrogen functional groups attached to an aromatic ring is 1. The van der Waals surface area contributed by atoms with E-state index in [0.29, 0.717) is 16.5 Å². The zero-order chi connectivity index (χ0) is 16.7. The molecule has 23 heavy (non-hydrogen) atoms. The number of hydrogen-bond acceptors (Lipinski definition) is 7. The van der Waals surface area contributed by atoms with Gasteiger partial charge >= 0.3 is 0 Å². The van der Waals surface area contributed by atoms with Gasteiger partial charge in [-0.1, -0.05) is 13.8 Å². The minimum atomic E-state index is -0.159. The van der Waals surface area contributed by atoms with E-state index in [9.17, 15) is 4.79 Å². The van der Waals surface area contributed by atoms with Crippen LogP contribution in [-0.4, -0.2) is 20.9 Å². The van der Waals surface area contributed by atoms with E-state index in [1.54, 1.807) is 12.4 Å². The van der Waals surface area contributed by atoms with Crippen LogP contribution in [0, 0.1) is 13.8 Å². The van der Waals surface area contributed by atoms with Gasteiger partial charge in [0.15, 0.2) is 0 Å². The largest absolute Gasteiger partial charge is 0.383 e. The van der Waals surface area contributed by atoms with Gasteiger partial charge in [0, 0.05) is 0 Å². The number of carbonyl (C=O) groups is 1. The fourth-order valence-corrected chi connectivity index (χ4v) is 4.38. The summed E-state index contributed by atoms with van der Waals surface area (Å²) >= 11 is 2.77. The van der Waals surface area contributed by atoms with Crippen molar-refractivity contribution in [3.05, 3.63) is 27.5 Å². The van der Waals surface area contributed by atoms with E-state index in [1.165, 1.54) is 22.7 Å². The summed E-state index contributed by atoms with van der Waals surface area (Å²) in [6.07, 6.45) is 0. The minimum absolute atomic E-state index is 0.159. The number of anilines is 2. The molecule has 8 heteroatoms. The second-order valence-corrected chi connectivity index (χ2v) is 7.42. The van der Waals surface area contributed by atoms with Gasteiger partial charge in [-0.05, 0) is 25.3 Å². The molecule has 0 aliphatic rings. The number of fused-ring (bicyclic) bond motifs is 1. The maximum absolute atomic E-state index is 12.7. The Kier molecular flexibility index (Phi) is 4.03. The highest BCUT2D eigenvalue weighted by Crippen LogP contribution is 2.34. The lowest BCUT2D eigenvalue weighted by atomic mass is 10.1. The van der Waals surface area contributed by atoms with Crippen molar-refractivity contribution in [1.82, 2.24) is 15.0 Å². The molecule has 0 fully saturated rings. The molecular weight excluding hydrogens is 330 g/mol. The van der Waals surface area contributed by atoms with E-state index in [1.807, 2.05) is 6.92 Å². The lowest BCUT2D eigenvalue weighted by Gasteiger charge is -2.06. The molecule has 3 heterocycles. The molecule has 0 unspecified atom stereocenters. The first-order valence-electron chi connectivity index (χ1n) is 7.16. The van der Waals surface area contributed by atoms with Gasteiger partial charge in [0.1, 0.15) is 21.5 Å². The Morgan fingerprint density at radius 1 is 1.30 bits per heavy atom. The predicted molar refractivity (Wildman–Crippen MR) is 95.5 cm³/mol. The Balaban J connectivity index is 2.00. The minimum Gasteiger partial charge on any atom is -0.383 e. The highest BCUT2D eigenvalue weighted by Gasteiger charge is 2.21. The fraction of sp³-hybridized carbons (Fsp3) is 0.333. The number of nitrogens with zero attached hydrogens (tertiary/aromatic N) is 3. The Morgan fingerprint density at radius 2 is 2.04 bits per heavy atom. The van der Waals surface area contributed by atoms with E-state index in [2.05, 4.69) is 34.1 Å². The smallest absolute Gasteiger partial charge is 0.266 e. The highest BCUT2D eigenvalue weighted by molar-refractivity contribution is 7.21. The van der Waals surface area contributed by atoms with Crippen molar-refractivity contribution in [3.63, 3.8) is 0 Å². The summed E-state index contributed by atoms with van der Waals surface area (Å²) in [6.45, 7) is 7.76. The molecule has 6 nitrogen and oxygen atoms in total. The number of thiophene rings is 1. The van der Waals surface area contributed by atoms with Crippen molar-refractivity contribution in [2.24, 2.45) is 0 Å². The van der Waals surface area contributed by atoms with Crippen molar-refractivity contribution in [1.29, 1.82) is 0 Å². The number of rotatable bonds is 3. The molecule has 0 atom stereocenters. The summed E-state index contributed by atoms with van der Waals surface area (Å²) in [5.74, 6) is 1.12. The molecule has 0 aliphatic carbocycles. The van der Waals surface area contributed by atoms with Gasteiger partial charge in [-0.15, -0.1) is 22.7 Å². The molecule has 0 saturated carbocycles. The topological polar surface area (TPSA) is 93.8 Å². The van der Waals surface area contributed by atoms with Gasteiger partial charge in [-0.3, -0.25) is 4.79 Å². The van der Waals surface area contributed by atoms with Crippen LogP contribution in [0.15, 0.2) is 5.51 Å². The Bertz CT molecular complexity index is 897. The number of carbonyl (C=O) groups excluding carboxylic acids is 1. The second-order valence-electron chi connectivity index (χ2n) is 5.57. The van der Waals surface area contributed by atoms with E-state index in [4.69, 9.17) is 5.73 Å². The average molecular weight is 347 g/mol. The highest BCUT2D eigenvalue weighted by atomic mass is 32.1. The van der Waals surface area contributed by atoms with E-state index >= 15 is 0 Å². The summed E-state index contributed by atoms with van der Waals surface area (Å²) < 4.78 is 0. The van der Waals surface area contributed by atoms with Crippen LogP contribution >= 0.6 is 22.7 Å². The van der Waals surface area contributed by atoms with Gasteiger partial charge in [0.25, 0.3) is 5.91 Å². The molecule has 3 rings (SSSR count). The van der Waals surface area contributed by atoms with Crippen LogP contribution in [0.4, 0.5) is 10.8 Å². The third kappa shape index (κ3) is 2.79. The SMILES string of the molecule is Cc1nc(N)c2c(C)c(C(=O)Nc3scnc3C(C)C)sc2n1. The van der Waals surface area contributed by atoms with Gasteiger partial charge in [-0.2, -0.15) is 0 Å². The molecule has 0 spiro atoms. The summed E-state index contributed by atoms with van der Waals surface area (Å²) in [7, 11) is 0. The molecule has 3 aromatic rings. The van der Waals surface area contributed by atoms with E-state index in [-0.39, 0.29) is 11.8 Å². The molecule has 3 aromatic heterocycles. The van der Waals surface area contributed by atoms with Gasteiger partial charge < -0.3 is 11.1 Å². The molecular formula is C15H17N5OS2. The standard InChI is InChI=1S/C15H17N5OS2/c1-6(2)10-15(22-5-17-10)20-13(21)11-7(3)9-12(16)18-8(4)19-14(9)23-11/h5-6H,1-4H3,(H,20,21)(H2,16,18,19).